The van der Waals surface area contributed by atoms with Gasteiger partial charge in [0.2, 0.25) is 0 Å². The van der Waals surface area contributed by atoms with E-state index in [1.54, 1.807) is 0 Å². The van der Waals surface area contributed by atoms with E-state index >= 15 is 0 Å². The summed E-state index contributed by atoms with van der Waals surface area (Å²) in [5.41, 5.74) is 2.20. The van der Waals surface area contributed by atoms with E-state index in [2.05, 4.69) is 46.3 Å². The molecule has 1 unspecified atom stereocenters. The Balaban J connectivity index is 1.71. The van der Waals surface area contributed by atoms with E-state index in [9.17, 15) is 0 Å². The zero-order valence-corrected chi connectivity index (χ0v) is 12.0. The average Bonchev–Trinajstić information content (AvgIpc) is 2.91. The van der Waals surface area contributed by atoms with Crippen LogP contribution in [-0.4, -0.2) is 40.7 Å². The number of hydrogen-bond donors (Lipinski definition) is 1. The van der Waals surface area contributed by atoms with Gasteiger partial charge in [-0.3, -0.25) is 4.90 Å². The molecule has 5 nitrogen and oxygen atoms in total. The van der Waals surface area contributed by atoms with Crippen molar-refractivity contribution in [3.8, 4) is 11.5 Å². The number of piperazine rings is 1. The van der Waals surface area contributed by atoms with Crippen molar-refractivity contribution in [2.45, 2.75) is 26.4 Å². The highest BCUT2D eigenvalue weighted by Gasteiger charge is 2.20. The fourth-order valence-electron chi connectivity index (χ4n) is 2.43. The minimum absolute atomic E-state index is 0.505. The second-order valence-electron chi connectivity index (χ2n) is 5.41. The molecule has 0 saturated carbocycles. The summed E-state index contributed by atoms with van der Waals surface area (Å²) in [6.45, 7) is 8.09. The third kappa shape index (κ3) is 2.89. The predicted octanol–water partition coefficient (Wildman–Crippen LogP) is 1.84. The summed E-state index contributed by atoms with van der Waals surface area (Å²) < 4.78 is 5.36. The van der Waals surface area contributed by atoms with Crippen molar-refractivity contribution in [2.24, 2.45) is 0 Å². The van der Waals surface area contributed by atoms with Gasteiger partial charge in [-0.2, -0.15) is 4.98 Å². The minimum atomic E-state index is 0.505. The second kappa shape index (κ2) is 5.73. The number of aromatic nitrogens is 2. The summed E-state index contributed by atoms with van der Waals surface area (Å²) in [7, 11) is 0. The molecule has 1 aliphatic heterocycles. The molecule has 2 heterocycles. The van der Waals surface area contributed by atoms with Crippen LogP contribution in [0.1, 0.15) is 18.3 Å². The molecule has 1 aromatic heterocycles. The normalized spacial score (nSPS) is 20.2. The van der Waals surface area contributed by atoms with Crippen LogP contribution in [0.25, 0.3) is 11.5 Å². The van der Waals surface area contributed by atoms with Crippen LogP contribution in [0.3, 0.4) is 0 Å². The molecule has 1 fully saturated rings. The molecular weight excluding hydrogens is 252 g/mol. The average molecular weight is 272 g/mol. The molecule has 2 aromatic rings. The molecule has 1 saturated heterocycles. The molecule has 106 valence electrons. The Kier molecular flexibility index (Phi) is 3.80. The van der Waals surface area contributed by atoms with Gasteiger partial charge in [-0.15, -0.1) is 0 Å². The lowest BCUT2D eigenvalue weighted by molar-refractivity contribution is 0.160. The fourth-order valence-corrected chi connectivity index (χ4v) is 2.43. The third-order valence-corrected chi connectivity index (χ3v) is 3.75. The minimum Gasteiger partial charge on any atom is -0.334 e. The predicted molar refractivity (Wildman–Crippen MR) is 77.2 cm³/mol. The molecule has 1 N–H and O–H groups in total. The monoisotopic (exact) mass is 272 g/mol. The maximum atomic E-state index is 5.36. The van der Waals surface area contributed by atoms with E-state index in [1.807, 2.05) is 12.1 Å². The first-order valence-corrected chi connectivity index (χ1v) is 7.07. The first kappa shape index (κ1) is 13.3. The lowest BCUT2D eigenvalue weighted by atomic mass is 10.1. The van der Waals surface area contributed by atoms with Gasteiger partial charge in [0, 0.05) is 31.2 Å². The van der Waals surface area contributed by atoms with Crippen molar-refractivity contribution in [1.82, 2.24) is 20.4 Å². The molecule has 20 heavy (non-hydrogen) atoms. The maximum Gasteiger partial charge on any atom is 0.257 e. The molecule has 0 spiro atoms. The van der Waals surface area contributed by atoms with E-state index in [0.29, 0.717) is 11.9 Å². The van der Waals surface area contributed by atoms with Gasteiger partial charge in [0.25, 0.3) is 5.89 Å². The molecule has 1 aromatic carbocycles. The summed E-state index contributed by atoms with van der Waals surface area (Å²) in [4.78, 5) is 6.87. The van der Waals surface area contributed by atoms with Crippen LogP contribution in [0, 0.1) is 6.92 Å². The van der Waals surface area contributed by atoms with Crippen LogP contribution < -0.4 is 5.32 Å². The number of aryl methyl sites for hydroxylation is 1. The van der Waals surface area contributed by atoms with Crippen molar-refractivity contribution in [1.29, 1.82) is 0 Å². The summed E-state index contributed by atoms with van der Waals surface area (Å²) in [6.07, 6.45) is 0. The van der Waals surface area contributed by atoms with Gasteiger partial charge in [-0.05, 0) is 26.0 Å². The Hall–Kier alpha value is -1.72. The highest BCUT2D eigenvalue weighted by Crippen LogP contribution is 2.18. The van der Waals surface area contributed by atoms with Crippen LogP contribution in [0.5, 0.6) is 0 Å². The maximum absolute atomic E-state index is 5.36. The third-order valence-electron chi connectivity index (χ3n) is 3.75. The second-order valence-corrected chi connectivity index (χ2v) is 5.41. The SMILES string of the molecule is Cc1ccc(-c2nc(CN3CCNCC3C)no2)cc1. The van der Waals surface area contributed by atoms with E-state index in [-0.39, 0.29) is 0 Å². The molecule has 0 aliphatic carbocycles. The highest BCUT2D eigenvalue weighted by molar-refractivity contribution is 5.53. The van der Waals surface area contributed by atoms with Crippen molar-refractivity contribution in [3.05, 3.63) is 35.7 Å². The quantitative estimate of drug-likeness (QED) is 0.924. The molecular formula is C15H20N4O. The molecule has 1 aliphatic rings. The number of rotatable bonds is 3. The van der Waals surface area contributed by atoms with Gasteiger partial charge in [0.1, 0.15) is 0 Å². The van der Waals surface area contributed by atoms with Crippen molar-refractivity contribution in [2.75, 3.05) is 19.6 Å². The Morgan fingerprint density at radius 1 is 1.35 bits per heavy atom. The Bertz CT molecular complexity index is 564. The first-order chi connectivity index (χ1) is 9.72. The van der Waals surface area contributed by atoms with Crippen molar-refractivity contribution >= 4 is 0 Å². The van der Waals surface area contributed by atoms with Crippen LogP contribution in [0.4, 0.5) is 0 Å². The molecule has 0 bridgehead atoms. The first-order valence-electron chi connectivity index (χ1n) is 7.07. The van der Waals surface area contributed by atoms with Gasteiger partial charge >= 0.3 is 0 Å². The standard InChI is InChI=1S/C15H20N4O/c1-11-3-5-13(6-4-11)15-17-14(18-20-15)10-19-8-7-16-9-12(19)2/h3-6,12,16H,7-10H2,1-2H3. The Morgan fingerprint density at radius 2 is 2.15 bits per heavy atom. The zero-order chi connectivity index (χ0) is 13.9. The summed E-state index contributed by atoms with van der Waals surface area (Å²) >= 11 is 0. The lowest BCUT2D eigenvalue weighted by Gasteiger charge is -2.32. The van der Waals surface area contributed by atoms with Crippen LogP contribution in [-0.2, 0) is 6.54 Å². The number of hydrogen-bond acceptors (Lipinski definition) is 5. The summed E-state index contributed by atoms with van der Waals surface area (Å²) in [6, 6.07) is 8.64. The van der Waals surface area contributed by atoms with Crippen molar-refractivity contribution < 1.29 is 4.52 Å². The number of nitrogens with zero attached hydrogens (tertiary/aromatic N) is 3. The number of nitrogens with one attached hydrogen (secondary N) is 1. The van der Waals surface area contributed by atoms with Gasteiger partial charge in [-0.25, -0.2) is 0 Å². The Morgan fingerprint density at radius 3 is 2.90 bits per heavy atom. The summed E-state index contributed by atoms with van der Waals surface area (Å²) in [5, 5.41) is 7.48. The van der Waals surface area contributed by atoms with E-state index in [4.69, 9.17) is 4.52 Å². The zero-order valence-electron chi connectivity index (χ0n) is 12.0. The number of benzene rings is 1. The fraction of sp³-hybridized carbons (Fsp3) is 0.467. The molecule has 0 amide bonds. The molecule has 3 rings (SSSR count). The smallest absolute Gasteiger partial charge is 0.257 e. The topological polar surface area (TPSA) is 54.2 Å². The van der Waals surface area contributed by atoms with Crippen LogP contribution in [0.15, 0.2) is 28.8 Å². The van der Waals surface area contributed by atoms with Gasteiger partial charge in [0.05, 0.1) is 6.54 Å². The van der Waals surface area contributed by atoms with Crippen molar-refractivity contribution in [3.63, 3.8) is 0 Å². The molecule has 5 heteroatoms. The van der Waals surface area contributed by atoms with Crippen LogP contribution >= 0.6 is 0 Å². The van der Waals surface area contributed by atoms with Gasteiger partial charge in [0.15, 0.2) is 5.82 Å². The lowest BCUT2D eigenvalue weighted by Crippen LogP contribution is -2.49. The Labute approximate surface area is 119 Å². The van der Waals surface area contributed by atoms with E-state index in [1.165, 1.54) is 5.56 Å². The molecule has 1 atom stereocenters. The van der Waals surface area contributed by atoms with Crippen LogP contribution in [0.2, 0.25) is 0 Å². The summed E-state index contributed by atoms with van der Waals surface area (Å²) in [5.74, 6) is 1.36. The largest absolute Gasteiger partial charge is 0.334 e. The van der Waals surface area contributed by atoms with E-state index < -0.39 is 0 Å². The van der Waals surface area contributed by atoms with Gasteiger partial charge in [-0.1, -0.05) is 22.9 Å². The molecule has 0 radical (unpaired) electrons. The van der Waals surface area contributed by atoms with Gasteiger partial charge < -0.3 is 9.84 Å². The highest BCUT2D eigenvalue weighted by atomic mass is 16.5. The van der Waals surface area contributed by atoms with E-state index in [0.717, 1.165) is 37.6 Å².